The Labute approximate surface area is 131 Å². The zero-order valence-electron chi connectivity index (χ0n) is 13.8. The van der Waals surface area contributed by atoms with Gasteiger partial charge in [-0.2, -0.15) is 0 Å². The molecule has 0 fully saturated rings. The number of hydrogen-bond acceptors (Lipinski definition) is 3. The van der Waals surface area contributed by atoms with Crippen LogP contribution < -0.4 is 0 Å². The molecule has 0 spiro atoms. The SMILES string of the molecule is C.CC#[N+][O-].CC/C=C\CC.CCC1ON=C(C)C1CC. The van der Waals surface area contributed by atoms with E-state index in [0.717, 1.165) is 18.6 Å². The molecule has 0 saturated heterocycles. The molecule has 1 rings (SSSR count). The van der Waals surface area contributed by atoms with Gasteiger partial charge in [-0.25, -0.2) is 0 Å². The quantitative estimate of drug-likeness (QED) is 0.469. The highest BCUT2D eigenvalue weighted by Crippen LogP contribution is 2.23. The van der Waals surface area contributed by atoms with E-state index in [1.807, 2.05) is 13.0 Å². The summed E-state index contributed by atoms with van der Waals surface area (Å²) in [6, 6.07) is 2.00. The second-order valence-electron chi connectivity index (χ2n) is 4.40. The minimum atomic E-state index is 0. The van der Waals surface area contributed by atoms with Gasteiger partial charge in [-0.15, -0.1) is 0 Å². The van der Waals surface area contributed by atoms with Gasteiger partial charge in [0.25, 0.3) is 6.07 Å². The average molecular weight is 298 g/mol. The van der Waals surface area contributed by atoms with E-state index in [1.165, 1.54) is 19.8 Å². The van der Waals surface area contributed by atoms with E-state index in [-0.39, 0.29) is 7.43 Å². The number of nitrogens with zero attached hydrogens (tertiary/aromatic N) is 2. The summed E-state index contributed by atoms with van der Waals surface area (Å²) in [6.45, 7) is 12.1. The largest absolute Gasteiger partial charge is 0.498 e. The Bertz CT molecular complexity index is 315. The Morgan fingerprint density at radius 2 is 1.67 bits per heavy atom. The lowest BCUT2D eigenvalue weighted by Gasteiger charge is -2.12. The molecule has 0 amide bonds. The smallest absolute Gasteiger partial charge is 0.294 e. The van der Waals surface area contributed by atoms with Crippen LogP contribution in [-0.2, 0) is 4.84 Å². The van der Waals surface area contributed by atoms with Crippen molar-refractivity contribution in [3.05, 3.63) is 22.4 Å². The van der Waals surface area contributed by atoms with Crippen LogP contribution in [0.4, 0.5) is 0 Å². The summed E-state index contributed by atoms with van der Waals surface area (Å²) in [5, 5.41) is 15.0. The summed E-state index contributed by atoms with van der Waals surface area (Å²) in [5.41, 5.74) is 1.16. The van der Waals surface area contributed by atoms with Crippen LogP contribution in [-0.4, -0.2) is 11.8 Å². The molecule has 0 bridgehead atoms. The van der Waals surface area contributed by atoms with E-state index >= 15 is 0 Å². The van der Waals surface area contributed by atoms with Crippen molar-refractivity contribution in [2.45, 2.75) is 80.8 Å². The zero-order chi connectivity index (χ0) is 15.8. The van der Waals surface area contributed by atoms with Crippen molar-refractivity contribution in [1.82, 2.24) is 0 Å². The van der Waals surface area contributed by atoms with E-state index in [9.17, 15) is 0 Å². The fourth-order valence-electron chi connectivity index (χ4n) is 1.81. The Morgan fingerprint density at radius 3 is 1.90 bits per heavy atom. The predicted molar refractivity (Wildman–Crippen MR) is 94.8 cm³/mol. The van der Waals surface area contributed by atoms with Gasteiger partial charge in [0.15, 0.2) is 0 Å². The van der Waals surface area contributed by atoms with Crippen LogP contribution in [0.3, 0.4) is 0 Å². The molecular weight excluding hydrogens is 264 g/mol. The van der Waals surface area contributed by atoms with E-state index in [0.29, 0.717) is 12.0 Å². The summed E-state index contributed by atoms with van der Waals surface area (Å²) in [5.74, 6) is 0.574. The third-order valence-electron chi connectivity index (χ3n) is 2.89. The Morgan fingerprint density at radius 1 is 1.19 bits per heavy atom. The van der Waals surface area contributed by atoms with Crippen LogP contribution in [0.25, 0.3) is 5.01 Å². The first-order valence-electron chi connectivity index (χ1n) is 7.46. The molecule has 2 atom stereocenters. The summed E-state index contributed by atoms with van der Waals surface area (Å²) >= 11 is 0. The maximum absolute atomic E-state index is 8.81. The second-order valence-corrected chi connectivity index (χ2v) is 4.40. The molecule has 0 aromatic rings. The monoisotopic (exact) mass is 298 g/mol. The number of rotatable bonds is 4. The van der Waals surface area contributed by atoms with E-state index < -0.39 is 0 Å². The fraction of sp³-hybridized carbons (Fsp3) is 0.765. The second kappa shape index (κ2) is 18.5. The first-order chi connectivity index (χ1) is 9.62. The van der Waals surface area contributed by atoms with Crippen LogP contribution in [0.15, 0.2) is 17.3 Å². The predicted octanol–water partition coefficient (Wildman–Crippen LogP) is 6.03. The number of oxime groups is 1. The first-order valence-corrected chi connectivity index (χ1v) is 7.46. The van der Waals surface area contributed by atoms with E-state index in [4.69, 9.17) is 10.0 Å². The first kappa shape index (κ1) is 24.5. The van der Waals surface area contributed by atoms with Crippen LogP contribution in [0.1, 0.15) is 74.7 Å². The van der Waals surface area contributed by atoms with Gasteiger partial charge >= 0.3 is 0 Å². The molecule has 1 aliphatic rings. The van der Waals surface area contributed by atoms with Crippen LogP contribution >= 0.6 is 0 Å². The molecule has 1 aliphatic heterocycles. The third kappa shape index (κ3) is 13.2. The molecule has 0 aromatic carbocycles. The molecule has 0 radical (unpaired) electrons. The van der Waals surface area contributed by atoms with E-state index in [1.54, 1.807) is 0 Å². The van der Waals surface area contributed by atoms with Crippen LogP contribution in [0.5, 0.6) is 0 Å². The van der Waals surface area contributed by atoms with Crippen molar-refractivity contribution in [2.75, 3.05) is 0 Å². The van der Waals surface area contributed by atoms with Gasteiger partial charge in [-0.3, -0.25) is 0 Å². The molecule has 0 saturated carbocycles. The highest BCUT2D eigenvalue weighted by molar-refractivity contribution is 5.85. The standard InChI is InChI=1S/C8H15NO.C6H12.C2H3NO.CH4/c1-4-7-6(3)9-10-8(7)5-2;1-3-5-6-4-2;1-2-3-4;/h7-8H,4-5H2,1-3H3;5-6H,3-4H2,1-2H3;1H3;1H4/b;6-5-;;. The fourth-order valence-corrected chi connectivity index (χ4v) is 1.81. The highest BCUT2D eigenvalue weighted by Gasteiger charge is 2.27. The molecule has 0 aromatic heterocycles. The van der Waals surface area contributed by atoms with E-state index in [2.05, 4.69) is 50.0 Å². The Hall–Kier alpha value is -1.50. The third-order valence-corrected chi connectivity index (χ3v) is 2.89. The summed E-state index contributed by atoms with van der Waals surface area (Å²) in [6.07, 6.45) is 9.28. The number of allylic oxidation sites excluding steroid dienone is 2. The minimum absolute atomic E-state index is 0. The maximum atomic E-state index is 8.81. The average Bonchev–Trinajstić information content (AvgIpc) is 2.86. The van der Waals surface area contributed by atoms with Gasteiger partial charge in [0.05, 0.1) is 12.6 Å². The van der Waals surface area contributed by atoms with Crippen molar-refractivity contribution in [2.24, 2.45) is 11.1 Å². The molecule has 2 unspecified atom stereocenters. The normalized spacial score (nSPS) is 18.7. The molecule has 21 heavy (non-hydrogen) atoms. The lowest BCUT2D eigenvalue weighted by molar-refractivity contribution is 0.0583. The van der Waals surface area contributed by atoms with Gasteiger partial charge in [0, 0.05) is 10.9 Å². The van der Waals surface area contributed by atoms with Gasteiger partial charge in [-0.05, 0) is 32.6 Å². The lowest BCUT2D eigenvalue weighted by atomic mass is 9.94. The minimum Gasteiger partial charge on any atom is -0.498 e. The molecular formula is C17H34N2O2. The molecule has 1 heterocycles. The zero-order valence-corrected chi connectivity index (χ0v) is 13.8. The molecule has 0 N–H and O–H groups in total. The van der Waals surface area contributed by atoms with Crippen molar-refractivity contribution in [3.8, 4) is 6.07 Å². The summed E-state index contributed by atoms with van der Waals surface area (Å²) < 4.78 is 0. The topological polar surface area (TPSA) is 49.0 Å². The molecule has 4 nitrogen and oxygen atoms in total. The van der Waals surface area contributed by atoms with Crippen molar-refractivity contribution >= 4 is 5.71 Å². The van der Waals surface area contributed by atoms with Crippen LogP contribution in [0, 0.1) is 17.2 Å². The van der Waals surface area contributed by atoms with Crippen molar-refractivity contribution < 1.29 is 4.84 Å². The molecule has 0 aliphatic carbocycles. The van der Waals surface area contributed by atoms with Crippen molar-refractivity contribution in [3.63, 3.8) is 0 Å². The van der Waals surface area contributed by atoms with Gasteiger partial charge in [0.1, 0.15) is 6.10 Å². The lowest BCUT2D eigenvalue weighted by Crippen LogP contribution is -2.19. The maximum Gasteiger partial charge on any atom is 0.294 e. The van der Waals surface area contributed by atoms with Crippen LogP contribution in [0.2, 0.25) is 0 Å². The van der Waals surface area contributed by atoms with Gasteiger partial charge in [-0.1, -0.05) is 52.4 Å². The highest BCUT2D eigenvalue weighted by atomic mass is 16.6. The van der Waals surface area contributed by atoms with Crippen molar-refractivity contribution in [1.29, 1.82) is 0 Å². The Balaban J connectivity index is -0.000000255. The summed E-state index contributed by atoms with van der Waals surface area (Å²) in [4.78, 5) is 5.21. The number of hydrogen-bond donors (Lipinski definition) is 0. The molecule has 4 heteroatoms. The summed E-state index contributed by atoms with van der Waals surface area (Å²) in [7, 11) is 0. The Kier molecular flexibility index (Phi) is 21.6. The molecule has 124 valence electrons. The van der Waals surface area contributed by atoms with Gasteiger partial charge < -0.3 is 10.0 Å². The van der Waals surface area contributed by atoms with Gasteiger partial charge in [0.2, 0.25) is 0 Å².